The molecule has 1 aromatic rings. The molecule has 1 saturated carbocycles. The summed E-state index contributed by atoms with van der Waals surface area (Å²) in [5, 5.41) is 0. The van der Waals surface area contributed by atoms with Gasteiger partial charge in [0.15, 0.2) is 0 Å². The molecule has 1 amide bonds. The zero-order valence-electron chi connectivity index (χ0n) is 9.88. The second kappa shape index (κ2) is 4.15. The normalized spacial score (nSPS) is 32.6. The Hall–Kier alpha value is -1.35. The molecule has 0 spiro atoms. The summed E-state index contributed by atoms with van der Waals surface area (Å²) in [6, 6.07) is 10.6. The summed E-state index contributed by atoms with van der Waals surface area (Å²) in [5.74, 6) is 0.685. The molecule has 17 heavy (non-hydrogen) atoms. The van der Waals surface area contributed by atoms with Gasteiger partial charge in [0, 0.05) is 18.5 Å². The first-order chi connectivity index (χ1) is 8.27. The number of amides is 1. The number of hydrogen-bond acceptors (Lipinski definition) is 2. The van der Waals surface area contributed by atoms with Gasteiger partial charge in [-0.15, -0.1) is 0 Å². The van der Waals surface area contributed by atoms with Crippen molar-refractivity contribution in [1.82, 2.24) is 4.90 Å². The van der Waals surface area contributed by atoms with Gasteiger partial charge in [-0.3, -0.25) is 4.79 Å². The molecule has 3 nitrogen and oxygen atoms in total. The van der Waals surface area contributed by atoms with E-state index in [0.29, 0.717) is 12.0 Å². The van der Waals surface area contributed by atoms with E-state index >= 15 is 0 Å². The van der Waals surface area contributed by atoms with Crippen LogP contribution in [0, 0.1) is 0 Å². The van der Waals surface area contributed by atoms with Crippen molar-refractivity contribution in [2.75, 3.05) is 6.54 Å². The number of nitrogens with zero attached hydrogens (tertiary/aromatic N) is 1. The number of carbonyl (C=O) groups is 1. The minimum atomic E-state index is -0.263. The Kier molecular flexibility index (Phi) is 2.63. The lowest BCUT2D eigenvalue weighted by Crippen LogP contribution is -2.49. The first-order valence-corrected chi connectivity index (χ1v) is 6.38. The van der Waals surface area contributed by atoms with E-state index in [2.05, 4.69) is 24.3 Å². The van der Waals surface area contributed by atoms with Crippen molar-refractivity contribution < 1.29 is 4.79 Å². The van der Waals surface area contributed by atoms with E-state index in [1.54, 1.807) is 0 Å². The van der Waals surface area contributed by atoms with Crippen LogP contribution in [0.4, 0.5) is 0 Å². The molecule has 90 valence electrons. The molecular weight excluding hydrogens is 212 g/mol. The average Bonchev–Trinajstić information content (AvgIpc) is 3.14. The lowest BCUT2D eigenvalue weighted by molar-refractivity contribution is -0.135. The van der Waals surface area contributed by atoms with Gasteiger partial charge in [-0.05, 0) is 24.8 Å². The highest BCUT2D eigenvalue weighted by molar-refractivity contribution is 5.83. The molecule has 1 heterocycles. The predicted octanol–water partition coefficient (Wildman–Crippen LogP) is 1.49. The van der Waals surface area contributed by atoms with Crippen molar-refractivity contribution in [1.29, 1.82) is 0 Å². The van der Waals surface area contributed by atoms with Crippen molar-refractivity contribution in [3.05, 3.63) is 35.9 Å². The van der Waals surface area contributed by atoms with Crippen LogP contribution in [0.3, 0.4) is 0 Å². The van der Waals surface area contributed by atoms with E-state index in [9.17, 15) is 4.79 Å². The van der Waals surface area contributed by atoms with E-state index in [0.717, 1.165) is 25.8 Å². The highest BCUT2D eigenvalue weighted by atomic mass is 16.2. The number of rotatable bonds is 2. The Balaban J connectivity index is 1.70. The molecule has 3 heteroatoms. The first kappa shape index (κ1) is 10.8. The fraction of sp³-hybridized carbons (Fsp3) is 0.500. The first-order valence-electron chi connectivity index (χ1n) is 6.38. The van der Waals surface area contributed by atoms with Crippen LogP contribution in [0.25, 0.3) is 0 Å². The molecule has 0 bridgehead atoms. The maximum Gasteiger partial charge on any atom is 0.239 e. The van der Waals surface area contributed by atoms with E-state index in [-0.39, 0.29) is 11.9 Å². The largest absolute Gasteiger partial charge is 0.338 e. The number of likely N-dealkylation sites (tertiary alicyclic amines) is 1. The number of carbonyl (C=O) groups excluding carboxylic acids is 1. The minimum absolute atomic E-state index is 0.152. The summed E-state index contributed by atoms with van der Waals surface area (Å²) in [4.78, 5) is 14.0. The summed E-state index contributed by atoms with van der Waals surface area (Å²) < 4.78 is 0. The molecule has 2 aliphatic rings. The molecule has 1 aromatic carbocycles. The predicted molar refractivity (Wildman–Crippen MR) is 66.5 cm³/mol. The van der Waals surface area contributed by atoms with Crippen molar-refractivity contribution >= 4 is 5.91 Å². The van der Waals surface area contributed by atoms with Crippen molar-refractivity contribution in [3.8, 4) is 0 Å². The third-order valence-corrected chi connectivity index (χ3v) is 3.90. The molecule has 2 fully saturated rings. The quantitative estimate of drug-likeness (QED) is 0.836. The summed E-state index contributed by atoms with van der Waals surface area (Å²) >= 11 is 0. The summed E-state index contributed by atoms with van der Waals surface area (Å²) in [5.41, 5.74) is 7.18. The van der Waals surface area contributed by atoms with E-state index in [4.69, 9.17) is 5.73 Å². The standard InChI is InChI=1S/C14H18N2O/c15-12-7-4-8-16(14(12)17)13-9-11(13)10-5-2-1-3-6-10/h1-3,5-6,11-13H,4,7-9,15H2. The maximum atomic E-state index is 12.0. The van der Waals surface area contributed by atoms with E-state index < -0.39 is 0 Å². The minimum Gasteiger partial charge on any atom is -0.338 e. The van der Waals surface area contributed by atoms with Gasteiger partial charge in [0.1, 0.15) is 0 Å². The molecule has 3 unspecified atom stereocenters. The monoisotopic (exact) mass is 230 g/mol. The lowest BCUT2D eigenvalue weighted by atomic mass is 10.0. The Morgan fingerprint density at radius 3 is 2.76 bits per heavy atom. The van der Waals surface area contributed by atoms with Gasteiger partial charge in [0.2, 0.25) is 5.91 Å². The number of benzene rings is 1. The van der Waals surface area contributed by atoms with E-state index in [1.807, 2.05) is 11.0 Å². The summed E-state index contributed by atoms with van der Waals surface area (Å²) in [6.07, 6.45) is 2.99. The molecule has 2 N–H and O–H groups in total. The fourth-order valence-corrected chi connectivity index (χ4v) is 2.84. The van der Waals surface area contributed by atoms with Crippen LogP contribution in [0.2, 0.25) is 0 Å². The van der Waals surface area contributed by atoms with Crippen LogP contribution in [0.1, 0.15) is 30.7 Å². The highest BCUT2D eigenvalue weighted by Gasteiger charge is 2.46. The van der Waals surface area contributed by atoms with Gasteiger partial charge >= 0.3 is 0 Å². The SMILES string of the molecule is NC1CCCN(C2CC2c2ccccc2)C1=O. The molecule has 0 radical (unpaired) electrons. The van der Waals surface area contributed by atoms with Crippen LogP contribution in [-0.4, -0.2) is 29.4 Å². The van der Waals surface area contributed by atoms with Gasteiger partial charge in [-0.1, -0.05) is 30.3 Å². The summed E-state index contributed by atoms with van der Waals surface area (Å²) in [6.45, 7) is 0.889. The molecular formula is C14H18N2O. The smallest absolute Gasteiger partial charge is 0.239 e. The van der Waals surface area contributed by atoms with E-state index in [1.165, 1.54) is 5.56 Å². The second-order valence-electron chi connectivity index (χ2n) is 5.10. The molecule has 0 aromatic heterocycles. The fourth-order valence-electron chi connectivity index (χ4n) is 2.84. The highest BCUT2D eigenvalue weighted by Crippen LogP contribution is 2.45. The molecule has 3 rings (SSSR count). The zero-order chi connectivity index (χ0) is 11.8. The molecule has 1 aliphatic carbocycles. The average molecular weight is 230 g/mol. The summed E-state index contributed by atoms with van der Waals surface area (Å²) in [7, 11) is 0. The van der Waals surface area contributed by atoms with Crippen LogP contribution in [0.15, 0.2) is 30.3 Å². The Morgan fingerprint density at radius 1 is 1.24 bits per heavy atom. The van der Waals surface area contributed by atoms with Gasteiger partial charge in [-0.2, -0.15) is 0 Å². The van der Waals surface area contributed by atoms with Crippen molar-refractivity contribution in [2.24, 2.45) is 5.73 Å². The maximum absolute atomic E-state index is 12.0. The third kappa shape index (κ3) is 1.95. The number of nitrogens with two attached hydrogens (primary N) is 1. The van der Waals surface area contributed by atoms with Crippen LogP contribution in [-0.2, 0) is 4.79 Å². The van der Waals surface area contributed by atoms with Gasteiger partial charge in [0.05, 0.1) is 6.04 Å². The van der Waals surface area contributed by atoms with Gasteiger partial charge in [0.25, 0.3) is 0 Å². The van der Waals surface area contributed by atoms with Crippen molar-refractivity contribution in [2.45, 2.75) is 37.3 Å². The number of piperidine rings is 1. The van der Waals surface area contributed by atoms with Crippen LogP contribution in [0.5, 0.6) is 0 Å². The van der Waals surface area contributed by atoms with Crippen LogP contribution < -0.4 is 5.73 Å². The van der Waals surface area contributed by atoms with Crippen LogP contribution >= 0.6 is 0 Å². The zero-order valence-corrected chi connectivity index (χ0v) is 9.88. The van der Waals surface area contributed by atoms with Gasteiger partial charge < -0.3 is 10.6 Å². The van der Waals surface area contributed by atoms with Gasteiger partial charge in [-0.25, -0.2) is 0 Å². The topological polar surface area (TPSA) is 46.3 Å². The molecule has 1 aliphatic heterocycles. The Morgan fingerprint density at radius 2 is 2.00 bits per heavy atom. The Bertz CT molecular complexity index is 417. The molecule has 3 atom stereocenters. The Labute approximate surface area is 102 Å². The molecule has 1 saturated heterocycles. The third-order valence-electron chi connectivity index (χ3n) is 3.90. The number of hydrogen-bond donors (Lipinski definition) is 1. The lowest BCUT2D eigenvalue weighted by Gasteiger charge is -2.31. The second-order valence-corrected chi connectivity index (χ2v) is 5.10. The van der Waals surface area contributed by atoms with Crippen molar-refractivity contribution in [3.63, 3.8) is 0 Å².